The number of fused-ring (bicyclic) bond motifs is 1. The van der Waals surface area contributed by atoms with E-state index in [-0.39, 0.29) is 11.7 Å². The summed E-state index contributed by atoms with van der Waals surface area (Å²) in [6.07, 6.45) is 3.32. The number of carbonyl (C=O) groups is 1. The SMILES string of the molecule is Cc1[nH]ncc1-c1ccc2cc(C(=O)NC3(c4cccc(F)c4)CC3)[nH]c2n1. The molecule has 1 aromatic carbocycles. The lowest BCUT2D eigenvalue weighted by Crippen LogP contribution is -2.35. The van der Waals surface area contributed by atoms with Gasteiger partial charge in [-0.25, -0.2) is 9.37 Å². The first-order chi connectivity index (χ1) is 13.5. The standard InChI is InChI=1S/C21H18FN5O/c1-12-16(11-23-27-12)17-6-5-13-9-18(25-19(13)24-17)20(28)26-21(7-8-21)14-3-2-4-15(22)10-14/h2-6,9-11H,7-8H2,1H3,(H,23,27)(H,24,25)(H,26,28). The number of amides is 1. The van der Waals surface area contributed by atoms with E-state index in [0.717, 1.165) is 40.7 Å². The van der Waals surface area contributed by atoms with E-state index < -0.39 is 5.54 Å². The number of benzene rings is 1. The highest BCUT2D eigenvalue weighted by molar-refractivity contribution is 5.98. The number of hydrogen-bond acceptors (Lipinski definition) is 3. The van der Waals surface area contributed by atoms with Crippen molar-refractivity contribution in [1.29, 1.82) is 0 Å². The summed E-state index contributed by atoms with van der Waals surface area (Å²) in [5.41, 5.74) is 4.03. The van der Waals surface area contributed by atoms with Gasteiger partial charge in [0, 0.05) is 16.6 Å². The van der Waals surface area contributed by atoms with Gasteiger partial charge in [0.25, 0.3) is 5.91 Å². The van der Waals surface area contributed by atoms with Gasteiger partial charge in [0.05, 0.1) is 17.4 Å². The molecule has 1 aliphatic carbocycles. The number of pyridine rings is 1. The van der Waals surface area contributed by atoms with Crippen LogP contribution in [0.25, 0.3) is 22.3 Å². The van der Waals surface area contributed by atoms with Gasteiger partial charge in [-0.3, -0.25) is 9.89 Å². The average molecular weight is 375 g/mol. The van der Waals surface area contributed by atoms with Crippen molar-refractivity contribution in [2.24, 2.45) is 0 Å². The average Bonchev–Trinajstić information content (AvgIpc) is 3.13. The van der Waals surface area contributed by atoms with Gasteiger partial charge >= 0.3 is 0 Å². The van der Waals surface area contributed by atoms with E-state index in [1.807, 2.05) is 25.1 Å². The Morgan fingerprint density at radius 1 is 1.21 bits per heavy atom. The minimum atomic E-state index is -0.483. The Hall–Kier alpha value is -3.48. The van der Waals surface area contributed by atoms with Gasteiger partial charge in [0.1, 0.15) is 17.2 Å². The van der Waals surface area contributed by atoms with E-state index in [1.165, 1.54) is 12.1 Å². The summed E-state index contributed by atoms with van der Waals surface area (Å²) in [7, 11) is 0. The Morgan fingerprint density at radius 3 is 2.79 bits per heavy atom. The largest absolute Gasteiger partial charge is 0.341 e. The third kappa shape index (κ3) is 2.76. The fourth-order valence-electron chi connectivity index (χ4n) is 3.57. The number of aryl methyl sites for hydroxylation is 1. The number of rotatable bonds is 4. The number of aromatic amines is 2. The fourth-order valence-corrected chi connectivity index (χ4v) is 3.57. The van der Waals surface area contributed by atoms with Crippen LogP contribution < -0.4 is 5.32 Å². The summed E-state index contributed by atoms with van der Waals surface area (Å²) < 4.78 is 13.6. The molecule has 5 rings (SSSR count). The summed E-state index contributed by atoms with van der Waals surface area (Å²) in [5.74, 6) is -0.518. The highest BCUT2D eigenvalue weighted by Gasteiger charge is 2.46. The maximum absolute atomic E-state index is 13.6. The summed E-state index contributed by atoms with van der Waals surface area (Å²) in [5, 5.41) is 10.8. The van der Waals surface area contributed by atoms with Gasteiger partial charge < -0.3 is 10.3 Å². The van der Waals surface area contributed by atoms with Crippen LogP contribution in [-0.2, 0) is 5.54 Å². The number of hydrogen-bond donors (Lipinski definition) is 3. The predicted octanol–water partition coefficient (Wildman–Crippen LogP) is 3.82. The van der Waals surface area contributed by atoms with Gasteiger partial charge in [-0.05, 0) is 55.7 Å². The maximum Gasteiger partial charge on any atom is 0.268 e. The van der Waals surface area contributed by atoms with E-state index in [9.17, 15) is 9.18 Å². The van der Waals surface area contributed by atoms with Crippen molar-refractivity contribution in [1.82, 2.24) is 25.5 Å². The molecule has 28 heavy (non-hydrogen) atoms. The molecule has 0 bridgehead atoms. The van der Waals surface area contributed by atoms with Gasteiger partial charge in [0.15, 0.2) is 0 Å². The summed E-state index contributed by atoms with van der Waals surface area (Å²) in [6, 6.07) is 12.0. The van der Waals surface area contributed by atoms with Crippen molar-refractivity contribution in [3.63, 3.8) is 0 Å². The third-order valence-electron chi connectivity index (χ3n) is 5.31. The summed E-state index contributed by atoms with van der Waals surface area (Å²) >= 11 is 0. The van der Waals surface area contributed by atoms with E-state index in [0.29, 0.717) is 11.3 Å². The molecule has 0 atom stereocenters. The number of aromatic nitrogens is 4. The first-order valence-electron chi connectivity index (χ1n) is 9.13. The van der Waals surface area contributed by atoms with Crippen LogP contribution in [0.2, 0.25) is 0 Å². The van der Waals surface area contributed by atoms with Crippen LogP contribution in [0.15, 0.2) is 48.7 Å². The van der Waals surface area contributed by atoms with Crippen LogP contribution >= 0.6 is 0 Å². The molecule has 0 saturated heterocycles. The molecule has 0 unspecified atom stereocenters. The number of nitrogens with one attached hydrogen (secondary N) is 3. The number of nitrogens with zero attached hydrogens (tertiary/aromatic N) is 2. The van der Waals surface area contributed by atoms with Crippen LogP contribution in [0.3, 0.4) is 0 Å². The number of H-pyrrole nitrogens is 2. The Bertz CT molecular complexity index is 1200. The molecule has 1 amide bonds. The zero-order chi connectivity index (χ0) is 19.3. The minimum Gasteiger partial charge on any atom is -0.341 e. The topological polar surface area (TPSA) is 86.5 Å². The molecule has 3 N–H and O–H groups in total. The van der Waals surface area contributed by atoms with Gasteiger partial charge in [-0.2, -0.15) is 5.10 Å². The Morgan fingerprint density at radius 2 is 2.07 bits per heavy atom. The second-order valence-electron chi connectivity index (χ2n) is 7.27. The van der Waals surface area contributed by atoms with Crippen molar-refractivity contribution < 1.29 is 9.18 Å². The quantitative estimate of drug-likeness (QED) is 0.507. The van der Waals surface area contributed by atoms with E-state index in [2.05, 4.69) is 25.5 Å². The van der Waals surface area contributed by atoms with Crippen molar-refractivity contribution >= 4 is 16.9 Å². The molecule has 0 aliphatic heterocycles. The lowest BCUT2D eigenvalue weighted by Gasteiger charge is -2.17. The second-order valence-corrected chi connectivity index (χ2v) is 7.27. The van der Waals surface area contributed by atoms with Crippen LogP contribution in [0.1, 0.15) is 34.6 Å². The minimum absolute atomic E-state index is 0.221. The molecule has 1 saturated carbocycles. The molecular weight excluding hydrogens is 357 g/mol. The maximum atomic E-state index is 13.6. The van der Waals surface area contributed by atoms with Gasteiger partial charge in [-0.15, -0.1) is 0 Å². The normalized spacial score (nSPS) is 14.9. The van der Waals surface area contributed by atoms with Gasteiger partial charge in [0.2, 0.25) is 0 Å². The number of carbonyl (C=O) groups excluding carboxylic acids is 1. The Labute approximate surface area is 160 Å². The Balaban J connectivity index is 1.43. The van der Waals surface area contributed by atoms with Crippen LogP contribution in [0.5, 0.6) is 0 Å². The second kappa shape index (κ2) is 6.02. The molecule has 4 aromatic rings. The first-order valence-corrected chi connectivity index (χ1v) is 9.13. The van der Waals surface area contributed by atoms with Gasteiger partial charge in [-0.1, -0.05) is 12.1 Å². The molecule has 3 heterocycles. The summed E-state index contributed by atoms with van der Waals surface area (Å²) in [6.45, 7) is 1.93. The molecule has 6 nitrogen and oxygen atoms in total. The molecule has 0 spiro atoms. The van der Waals surface area contributed by atoms with Crippen LogP contribution in [0.4, 0.5) is 4.39 Å². The lowest BCUT2D eigenvalue weighted by atomic mass is 10.0. The smallest absolute Gasteiger partial charge is 0.268 e. The van der Waals surface area contributed by atoms with Crippen molar-refractivity contribution in [2.45, 2.75) is 25.3 Å². The van der Waals surface area contributed by atoms with Crippen molar-refractivity contribution in [3.05, 3.63) is 71.4 Å². The fraction of sp³-hybridized carbons (Fsp3) is 0.190. The van der Waals surface area contributed by atoms with Crippen molar-refractivity contribution in [3.8, 4) is 11.3 Å². The molecule has 140 valence electrons. The lowest BCUT2D eigenvalue weighted by molar-refractivity contribution is 0.0926. The van der Waals surface area contributed by atoms with Crippen molar-refractivity contribution in [2.75, 3.05) is 0 Å². The van der Waals surface area contributed by atoms with E-state index in [4.69, 9.17) is 0 Å². The third-order valence-corrected chi connectivity index (χ3v) is 5.31. The molecule has 1 fully saturated rings. The number of halogens is 1. The zero-order valence-electron chi connectivity index (χ0n) is 15.2. The zero-order valence-corrected chi connectivity index (χ0v) is 15.2. The van der Waals surface area contributed by atoms with Crippen LogP contribution in [0, 0.1) is 12.7 Å². The highest BCUT2D eigenvalue weighted by Crippen LogP contribution is 2.45. The van der Waals surface area contributed by atoms with E-state index >= 15 is 0 Å². The molecule has 7 heteroatoms. The first kappa shape index (κ1) is 16.7. The molecular formula is C21H18FN5O. The molecule has 3 aromatic heterocycles. The monoisotopic (exact) mass is 375 g/mol. The molecule has 0 radical (unpaired) electrons. The van der Waals surface area contributed by atoms with Crippen LogP contribution in [-0.4, -0.2) is 26.1 Å². The molecule has 1 aliphatic rings. The summed E-state index contributed by atoms with van der Waals surface area (Å²) in [4.78, 5) is 20.5. The Kier molecular flexibility index (Phi) is 3.58. The predicted molar refractivity (Wildman–Crippen MR) is 103 cm³/mol. The van der Waals surface area contributed by atoms with E-state index in [1.54, 1.807) is 18.3 Å². The highest BCUT2D eigenvalue weighted by atomic mass is 19.1.